The van der Waals surface area contributed by atoms with Gasteiger partial charge < -0.3 is 10.2 Å². The van der Waals surface area contributed by atoms with Gasteiger partial charge in [-0.05, 0) is 42.4 Å². The van der Waals surface area contributed by atoms with Crippen molar-refractivity contribution in [3.8, 4) is 0 Å². The minimum absolute atomic E-state index is 0.190. The molecule has 0 saturated heterocycles. The van der Waals surface area contributed by atoms with E-state index in [9.17, 15) is 10.2 Å². The number of hydrogen-bond acceptors (Lipinski definition) is 2. The second kappa shape index (κ2) is 5.57. The standard InChI is InChI=1S/C16H22O2/c1-3-15(12-4-7-14(17)8-5-12)13-6-9-16(18)11(2)10-13/h4,6-12,15-18H,3,5H2,1-2H3. The molecule has 4 atom stereocenters. The highest BCUT2D eigenvalue weighted by Crippen LogP contribution is 2.34. The first-order valence-electron chi connectivity index (χ1n) is 6.77. The molecule has 0 amide bonds. The molecule has 4 unspecified atom stereocenters. The van der Waals surface area contributed by atoms with Crippen LogP contribution in [0.3, 0.4) is 0 Å². The Morgan fingerprint density at radius 2 is 2.11 bits per heavy atom. The summed E-state index contributed by atoms with van der Waals surface area (Å²) in [6, 6.07) is 0. The van der Waals surface area contributed by atoms with Gasteiger partial charge in [0.1, 0.15) is 5.76 Å². The summed E-state index contributed by atoms with van der Waals surface area (Å²) in [5.74, 6) is 1.48. The van der Waals surface area contributed by atoms with E-state index in [2.05, 4.69) is 25.2 Å². The zero-order valence-corrected chi connectivity index (χ0v) is 11.1. The van der Waals surface area contributed by atoms with Crippen LogP contribution in [0, 0.1) is 17.8 Å². The lowest BCUT2D eigenvalue weighted by molar-refractivity contribution is 0.182. The van der Waals surface area contributed by atoms with Gasteiger partial charge in [0.25, 0.3) is 0 Å². The quantitative estimate of drug-likeness (QED) is 0.800. The predicted octanol–water partition coefficient (Wildman–Crippen LogP) is 3.52. The molecule has 2 aliphatic carbocycles. The number of aliphatic hydroxyl groups excluding tert-OH is 2. The Kier molecular flexibility index (Phi) is 4.07. The van der Waals surface area contributed by atoms with Gasteiger partial charge in [-0.1, -0.05) is 38.2 Å². The summed E-state index contributed by atoms with van der Waals surface area (Å²) in [4.78, 5) is 0. The normalized spacial score (nSPS) is 32.9. The fourth-order valence-corrected chi connectivity index (χ4v) is 2.80. The topological polar surface area (TPSA) is 40.5 Å². The molecule has 0 bridgehead atoms. The van der Waals surface area contributed by atoms with Crippen molar-refractivity contribution in [3.63, 3.8) is 0 Å². The van der Waals surface area contributed by atoms with Crippen LogP contribution in [0.5, 0.6) is 0 Å². The number of hydrogen-bond donors (Lipinski definition) is 2. The van der Waals surface area contributed by atoms with E-state index in [4.69, 9.17) is 0 Å². The van der Waals surface area contributed by atoms with E-state index in [1.54, 1.807) is 6.08 Å². The minimum atomic E-state index is -0.350. The highest BCUT2D eigenvalue weighted by atomic mass is 16.3. The molecule has 98 valence electrons. The lowest BCUT2D eigenvalue weighted by Gasteiger charge is -2.29. The third-order valence-corrected chi connectivity index (χ3v) is 3.98. The first kappa shape index (κ1) is 13.2. The summed E-state index contributed by atoms with van der Waals surface area (Å²) in [6.07, 6.45) is 13.5. The van der Waals surface area contributed by atoms with E-state index in [-0.39, 0.29) is 12.0 Å². The number of allylic oxidation sites excluding steroid dienone is 5. The van der Waals surface area contributed by atoms with Crippen molar-refractivity contribution < 1.29 is 10.2 Å². The molecule has 0 radical (unpaired) electrons. The molecule has 0 heterocycles. The maximum atomic E-state index is 9.71. The van der Waals surface area contributed by atoms with E-state index in [1.807, 2.05) is 19.1 Å². The fraction of sp³-hybridized carbons (Fsp3) is 0.500. The van der Waals surface area contributed by atoms with Crippen molar-refractivity contribution in [1.29, 1.82) is 0 Å². The van der Waals surface area contributed by atoms with Gasteiger partial charge in [0, 0.05) is 5.92 Å². The average Bonchev–Trinajstić information content (AvgIpc) is 2.37. The molecule has 2 aliphatic rings. The predicted molar refractivity (Wildman–Crippen MR) is 74.1 cm³/mol. The number of rotatable bonds is 3. The summed E-state index contributed by atoms with van der Waals surface area (Å²) >= 11 is 0. The summed E-state index contributed by atoms with van der Waals surface area (Å²) in [5.41, 5.74) is 1.32. The maximum absolute atomic E-state index is 9.71. The number of aliphatic hydroxyl groups is 2. The van der Waals surface area contributed by atoms with Gasteiger partial charge in [-0.25, -0.2) is 0 Å². The van der Waals surface area contributed by atoms with E-state index < -0.39 is 0 Å². The first-order valence-corrected chi connectivity index (χ1v) is 6.77. The van der Waals surface area contributed by atoms with Gasteiger partial charge in [0.2, 0.25) is 0 Å². The van der Waals surface area contributed by atoms with Gasteiger partial charge >= 0.3 is 0 Å². The largest absolute Gasteiger partial charge is 0.508 e. The van der Waals surface area contributed by atoms with Crippen LogP contribution >= 0.6 is 0 Å². The van der Waals surface area contributed by atoms with Crippen LogP contribution in [-0.4, -0.2) is 16.3 Å². The van der Waals surface area contributed by atoms with Gasteiger partial charge in [0.05, 0.1) is 6.10 Å². The molecule has 2 nitrogen and oxygen atoms in total. The molecule has 0 aromatic carbocycles. The van der Waals surface area contributed by atoms with Crippen molar-refractivity contribution in [2.24, 2.45) is 17.8 Å². The van der Waals surface area contributed by atoms with E-state index in [1.165, 1.54) is 5.57 Å². The third-order valence-electron chi connectivity index (χ3n) is 3.98. The van der Waals surface area contributed by atoms with Gasteiger partial charge in [-0.3, -0.25) is 0 Å². The van der Waals surface area contributed by atoms with Crippen molar-refractivity contribution in [2.45, 2.75) is 32.8 Å². The molecular formula is C16H22O2. The van der Waals surface area contributed by atoms with Crippen LogP contribution in [0.15, 0.2) is 47.8 Å². The molecule has 0 fully saturated rings. The second-order valence-corrected chi connectivity index (χ2v) is 5.28. The molecule has 0 aromatic rings. The van der Waals surface area contributed by atoms with Gasteiger partial charge in [0.15, 0.2) is 0 Å². The maximum Gasteiger partial charge on any atom is 0.111 e. The van der Waals surface area contributed by atoms with Crippen molar-refractivity contribution in [3.05, 3.63) is 47.8 Å². The fourth-order valence-electron chi connectivity index (χ4n) is 2.80. The third kappa shape index (κ3) is 2.75. The average molecular weight is 246 g/mol. The smallest absolute Gasteiger partial charge is 0.111 e. The molecule has 0 saturated carbocycles. The van der Waals surface area contributed by atoms with Crippen LogP contribution in [0.2, 0.25) is 0 Å². The monoisotopic (exact) mass is 246 g/mol. The Morgan fingerprint density at radius 3 is 2.67 bits per heavy atom. The second-order valence-electron chi connectivity index (χ2n) is 5.28. The Hall–Kier alpha value is -1.28. The summed E-state index contributed by atoms with van der Waals surface area (Å²) in [5, 5.41) is 19.1. The zero-order chi connectivity index (χ0) is 13.1. The van der Waals surface area contributed by atoms with Crippen molar-refractivity contribution in [1.82, 2.24) is 0 Å². The zero-order valence-electron chi connectivity index (χ0n) is 11.1. The summed E-state index contributed by atoms with van der Waals surface area (Å²) in [6.45, 7) is 4.24. The summed E-state index contributed by atoms with van der Waals surface area (Å²) in [7, 11) is 0. The van der Waals surface area contributed by atoms with Crippen LogP contribution < -0.4 is 0 Å². The highest BCUT2D eigenvalue weighted by molar-refractivity contribution is 5.31. The van der Waals surface area contributed by atoms with E-state index in [0.29, 0.717) is 17.6 Å². The van der Waals surface area contributed by atoms with Crippen LogP contribution in [0.1, 0.15) is 26.7 Å². The molecule has 0 aromatic heterocycles. The molecule has 2 heteroatoms. The molecule has 2 rings (SSSR count). The van der Waals surface area contributed by atoms with Crippen LogP contribution in [0.4, 0.5) is 0 Å². The van der Waals surface area contributed by atoms with E-state index >= 15 is 0 Å². The minimum Gasteiger partial charge on any atom is -0.508 e. The summed E-state index contributed by atoms with van der Waals surface area (Å²) < 4.78 is 0. The van der Waals surface area contributed by atoms with Crippen LogP contribution in [-0.2, 0) is 0 Å². The Balaban J connectivity index is 2.13. The lowest BCUT2D eigenvalue weighted by atomic mass is 9.77. The Bertz CT molecular complexity index is 415. The highest BCUT2D eigenvalue weighted by Gasteiger charge is 2.24. The van der Waals surface area contributed by atoms with Gasteiger partial charge in [-0.15, -0.1) is 0 Å². The molecule has 2 N–H and O–H groups in total. The molecule has 0 aliphatic heterocycles. The lowest BCUT2D eigenvalue weighted by Crippen LogP contribution is -2.21. The van der Waals surface area contributed by atoms with E-state index in [0.717, 1.165) is 12.8 Å². The molecule has 0 spiro atoms. The van der Waals surface area contributed by atoms with Crippen molar-refractivity contribution >= 4 is 0 Å². The van der Waals surface area contributed by atoms with Crippen LogP contribution in [0.25, 0.3) is 0 Å². The molecular weight excluding hydrogens is 224 g/mol. The van der Waals surface area contributed by atoms with Crippen molar-refractivity contribution in [2.75, 3.05) is 0 Å². The molecule has 18 heavy (non-hydrogen) atoms. The Morgan fingerprint density at radius 1 is 1.33 bits per heavy atom. The first-order chi connectivity index (χ1) is 8.61. The van der Waals surface area contributed by atoms with Gasteiger partial charge in [-0.2, -0.15) is 0 Å². The SMILES string of the molecule is CCC(C1=CC(C)C(O)C=C1)C1C=CC(O)=CC1. The Labute approximate surface area is 109 Å².